The van der Waals surface area contributed by atoms with Crippen LogP contribution in [0.1, 0.15) is 110 Å². The van der Waals surface area contributed by atoms with Crippen molar-refractivity contribution in [3.05, 3.63) is 100 Å². The van der Waals surface area contributed by atoms with Gasteiger partial charge in [-0.25, -0.2) is 0 Å². The van der Waals surface area contributed by atoms with E-state index in [0.29, 0.717) is 5.92 Å². The number of nitrogens with zero attached hydrogens (tertiary/aromatic N) is 1. The number of carbonyl (C=O) groups excluding carboxylic acids is 1. The quantitative estimate of drug-likeness (QED) is 0.0817. The smallest absolute Gasteiger partial charge is 0.162 e. The first kappa shape index (κ1) is 42.3. The van der Waals surface area contributed by atoms with Crippen molar-refractivity contribution in [1.82, 2.24) is 4.98 Å². The molecule has 1 radical (unpaired) electrons. The summed E-state index contributed by atoms with van der Waals surface area (Å²) in [5.74, 6) is 1.20. The zero-order valence-corrected chi connectivity index (χ0v) is 35.9. The van der Waals surface area contributed by atoms with Crippen LogP contribution in [0, 0.1) is 37.7 Å². The molecule has 0 amide bonds. The van der Waals surface area contributed by atoms with Crippen LogP contribution >= 0.6 is 11.3 Å². The summed E-state index contributed by atoms with van der Waals surface area (Å²) in [6, 6.07) is 23.9. The maximum absolute atomic E-state index is 11.7. The van der Waals surface area contributed by atoms with Crippen molar-refractivity contribution in [2.75, 3.05) is 0 Å². The Kier molecular flexibility index (Phi) is 15.4. The summed E-state index contributed by atoms with van der Waals surface area (Å²) in [4.78, 5) is 17.9. The van der Waals surface area contributed by atoms with Crippen LogP contribution in [0.4, 0.5) is 0 Å². The van der Waals surface area contributed by atoms with Crippen LogP contribution < -0.4 is 0 Å². The Morgan fingerprint density at radius 1 is 0.882 bits per heavy atom. The van der Waals surface area contributed by atoms with Crippen LogP contribution in [0.15, 0.2) is 71.8 Å². The van der Waals surface area contributed by atoms with Crippen molar-refractivity contribution in [3.8, 4) is 22.4 Å². The molecule has 0 atom stereocenters. The summed E-state index contributed by atoms with van der Waals surface area (Å²) in [5, 5.41) is 15.6. The van der Waals surface area contributed by atoms with E-state index in [1.54, 1.807) is 11.3 Å². The van der Waals surface area contributed by atoms with Crippen LogP contribution in [0.5, 0.6) is 0 Å². The molecule has 0 aliphatic rings. The molecule has 0 aliphatic carbocycles. The summed E-state index contributed by atoms with van der Waals surface area (Å²) in [7, 11) is 0. The van der Waals surface area contributed by atoms with Crippen LogP contribution in [-0.4, -0.2) is 15.9 Å². The zero-order chi connectivity index (χ0) is 36.7. The molecule has 0 spiro atoms. The number of thiophene rings is 1. The van der Waals surface area contributed by atoms with Crippen molar-refractivity contribution in [2.45, 2.75) is 114 Å². The van der Waals surface area contributed by atoms with Gasteiger partial charge in [0.15, 0.2) is 5.78 Å². The number of hydrogen-bond donors (Lipinski definition) is 1. The molecule has 0 fully saturated rings. The fourth-order valence-electron chi connectivity index (χ4n) is 7.13. The Labute approximate surface area is 325 Å². The number of pyridine rings is 1. The molecule has 0 unspecified atom stereocenters. The predicted molar refractivity (Wildman–Crippen MR) is 217 cm³/mol. The van der Waals surface area contributed by atoms with Gasteiger partial charge in [-0.1, -0.05) is 110 Å². The van der Waals surface area contributed by atoms with Gasteiger partial charge < -0.3 is 5.11 Å². The number of aryl methyl sites for hydroxylation is 2. The number of carbonyl (C=O) groups is 1. The largest absolute Gasteiger partial charge is 0.512 e. The van der Waals surface area contributed by atoms with Gasteiger partial charge in [0.25, 0.3) is 0 Å². The van der Waals surface area contributed by atoms with Gasteiger partial charge in [0.1, 0.15) is 4.83 Å². The molecule has 0 saturated heterocycles. The van der Waals surface area contributed by atoms with Crippen molar-refractivity contribution >= 4 is 38.1 Å². The van der Waals surface area contributed by atoms with Gasteiger partial charge in [-0.15, -0.1) is 40.5 Å². The minimum Gasteiger partial charge on any atom is -0.512 e. The van der Waals surface area contributed by atoms with E-state index in [2.05, 4.69) is 115 Å². The van der Waals surface area contributed by atoms with Crippen molar-refractivity contribution in [1.29, 1.82) is 0 Å². The third-order valence-corrected chi connectivity index (χ3v) is 10.7. The molecule has 3 nitrogen and oxygen atoms in total. The molecule has 2 heterocycles. The van der Waals surface area contributed by atoms with E-state index in [1.807, 2.05) is 27.7 Å². The normalized spacial score (nSPS) is 12.1. The molecule has 0 saturated carbocycles. The molecule has 2 aromatic heterocycles. The van der Waals surface area contributed by atoms with Crippen LogP contribution in [0.3, 0.4) is 0 Å². The number of hydrogen-bond acceptors (Lipinski definition) is 4. The first-order chi connectivity index (χ1) is 23.7. The van der Waals surface area contributed by atoms with Gasteiger partial charge in [0.05, 0.1) is 5.76 Å². The minimum atomic E-state index is 0. The number of fused-ring (bicyclic) bond motifs is 2. The number of aliphatic hydroxyl groups excluding tert-OH is 1. The Balaban J connectivity index is 0.000000374. The third kappa shape index (κ3) is 10.3. The monoisotopic (exact) mass is 881 g/mol. The van der Waals surface area contributed by atoms with Gasteiger partial charge in [-0.2, -0.15) is 0 Å². The average molecular weight is 881 g/mol. The first-order valence-electron chi connectivity index (χ1n) is 18.6. The van der Waals surface area contributed by atoms with Gasteiger partial charge >= 0.3 is 0 Å². The van der Waals surface area contributed by atoms with Crippen molar-refractivity contribution < 1.29 is 30.0 Å². The molecule has 275 valence electrons. The summed E-state index contributed by atoms with van der Waals surface area (Å²) >= 11 is 1.72. The SMILES string of the molecule is CCC(CC)C(=O)/C=C(\O)C(CC)CC.Cc1cc(CC(C)C)cc(C)c1-c1cc(-c2[c-]c3ccccc3c(C(C)(C)C)c2)nc2sccc12.[Ir]. The number of benzene rings is 3. The second kappa shape index (κ2) is 18.6. The summed E-state index contributed by atoms with van der Waals surface area (Å²) < 4.78 is 0. The van der Waals surface area contributed by atoms with Crippen LogP contribution in [0.25, 0.3) is 43.4 Å². The fraction of sp³-hybridized carbons (Fsp3) is 0.435. The number of aromatic nitrogens is 1. The average Bonchev–Trinajstić information content (AvgIpc) is 3.54. The number of ketones is 1. The Bertz CT molecular complexity index is 1930. The van der Waals surface area contributed by atoms with Crippen molar-refractivity contribution in [3.63, 3.8) is 0 Å². The molecule has 5 heteroatoms. The van der Waals surface area contributed by atoms with Crippen LogP contribution in [-0.2, 0) is 36.7 Å². The van der Waals surface area contributed by atoms with E-state index < -0.39 is 0 Å². The summed E-state index contributed by atoms with van der Waals surface area (Å²) in [6.45, 7) is 24.0. The van der Waals surface area contributed by atoms with E-state index in [1.165, 1.54) is 50.2 Å². The van der Waals surface area contributed by atoms with E-state index in [9.17, 15) is 9.90 Å². The molecule has 5 rings (SSSR count). The van der Waals surface area contributed by atoms with E-state index in [-0.39, 0.29) is 48.9 Å². The maximum Gasteiger partial charge on any atom is 0.162 e. The molecule has 5 aromatic rings. The van der Waals surface area contributed by atoms with E-state index in [0.717, 1.165) is 53.6 Å². The maximum atomic E-state index is 11.7. The van der Waals surface area contributed by atoms with Crippen molar-refractivity contribution in [2.24, 2.45) is 17.8 Å². The second-order valence-electron chi connectivity index (χ2n) is 15.3. The molecular formula is C46H58IrNO2S-. The van der Waals surface area contributed by atoms with Gasteiger partial charge in [0.2, 0.25) is 0 Å². The molecule has 0 bridgehead atoms. The first-order valence-corrected chi connectivity index (χ1v) is 19.5. The van der Waals surface area contributed by atoms with E-state index >= 15 is 0 Å². The predicted octanol–water partition coefficient (Wildman–Crippen LogP) is 13.6. The Morgan fingerprint density at radius 3 is 2.06 bits per heavy atom. The Hall–Kier alpha value is -3.11. The summed E-state index contributed by atoms with van der Waals surface area (Å²) in [6.07, 6.45) is 6.02. The minimum absolute atomic E-state index is 0. The fourth-order valence-corrected chi connectivity index (χ4v) is 7.92. The molecule has 0 aliphatic heterocycles. The van der Waals surface area contributed by atoms with Gasteiger partial charge in [-0.3, -0.25) is 9.78 Å². The topological polar surface area (TPSA) is 50.2 Å². The van der Waals surface area contributed by atoms with Crippen LogP contribution in [0.2, 0.25) is 0 Å². The third-order valence-electron chi connectivity index (χ3n) is 9.88. The molecular weight excluding hydrogens is 823 g/mol. The van der Waals surface area contributed by atoms with Gasteiger partial charge in [-0.05, 0) is 96.5 Å². The Morgan fingerprint density at radius 2 is 1.49 bits per heavy atom. The van der Waals surface area contributed by atoms with Gasteiger partial charge in [0, 0.05) is 49.1 Å². The zero-order valence-electron chi connectivity index (χ0n) is 32.7. The number of aliphatic hydroxyl groups is 1. The second-order valence-corrected chi connectivity index (χ2v) is 16.2. The van der Waals surface area contributed by atoms with E-state index in [4.69, 9.17) is 4.98 Å². The number of rotatable bonds is 11. The standard InChI is InChI=1S/C33H34NS.C13H24O2.Ir/c1-20(2)14-23-15-21(3)31(22(4)16-23)28-19-30(34-32-27(28)12-13-35-32)25-17-24-10-8-9-11-26(24)29(18-25)33(5,6)7;1-5-10(6-2)12(14)9-13(15)11(7-3)8-4;/h8-13,15-16,18-20H,14H2,1-7H3;9-11,14H,5-8H2,1-4H3;/q-1;;/b;12-9-;. The molecule has 1 N–H and O–H groups in total. The summed E-state index contributed by atoms with van der Waals surface area (Å²) in [5.41, 5.74) is 10.1. The number of allylic oxidation sites excluding steroid dienone is 2. The molecule has 3 aromatic carbocycles. The molecule has 51 heavy (non-hydrogen) atoms.